The fraction of sp³-hybridized carbons (Fsp3) is 0.0169. The van der Waals surface area contributed by atoms with E-state index in [0.29, 0.717) is 0 Å². The third-order valence-electron chi connectivity index (χ3n) is 14.2. The Bertz CT molecular complexity index is 4080. The molecule has 2 aliphatic rings. The van der Waals surface area contributed by atoms with Crippen LogP contribution in [0.25, 0.3) is 93.9 Å². The Morgan fingerprint density at radius 1 is 0.354 bits per heavy atom. The van der Waals surface area contributed by atoms with E-state index in [2.05, 4.69) is 214 Å². The van der Waals surface area contributed by atoms with E-state index in [1.807, 2.05) is 12.4 Å². The maximum absolute atomic E-state index is 7.06. The highest BCUT2D eigenvalue weighted by molar-refractivity contribution is 6.13. The van der Waals surface area contributed by atoms with Crippen molar-refractivity contribution in [3.63, 3.8) is 0 Å². The summed E-state index contributed by atoms with van der Waals surface area (Å²) in [5, 5.41) is 7.26. The monoisotopic (exact) mass is 829 g/mol. The molecule has 6 heteroatoms. The van der Waals surface area contributed by atoms with Crippen LogP contribution in [0.5, 0.6) is 11.5 Å². The standard InChI is InChI=1S/C59H35N5O/c1-7-22-47-38(15-1)39-16-2-8-23-48(39)62(47)36-30-31-52-43(33-36)42-19-5-11-26-51(42)64(52)53-27-13-29-55-56(53)59(44-20-6-12-28-54(44)65-55)45-21-14-32-60-57(45)58-46(59)34-37(35-61-58)63-49-24-9-3-17-40(49)41-18-4-10-25-50(41)63/h1-35H. The van der Waals surface area contributed by atoms with Crippen LogP contribution in [-0.2, 0) is 5.41 Å². The summed E-state index contributed by atoms with van der Waals surface area (Å²) in [5.74, 6) is 1.62. The van der Waals surface area contributed by atoms with Gasteiger partial charge in [-0.05, 0) is 84.4 Å². The molecular formula is C59H35N5O. The number of fused-ring (bicyclic) bond motifs is 18. The lowest BCUT2D eigenvalue weighted by molar-refractivity contribution is 0.435. The zero-order valence-corrected chi connectivity index (χ0v) is 34.9. The molecule has 6 heterocycles. The van der Waals surface area contributed by atoms with Crippen LogP contribution in [0.2, 0.25) is 0 Å². The second kappa shape index (κ2) is 12.7. The van der Waals surface area contributed by atoms with Crippen molar-refractivity contribution in [1.82, 2.24) is 23.7 Å². The van der Waals surface area contributed by atoms with Gasteiger partial charge in [0.2, 0.25) is 0 Å². The van der Waals surface area contributed by atoms with Crippen LogP contribution >= 0.6 is 0 Å². The number of pyridine rings is 2. The van der Waals surface area contributed by atoms with E-state index in [4.69, 9.17) is 14.7 Å². The lowest BCUT2D eigenvalue weighted by Gasteiger charge is -2.40. The normalized spacial score (nSPS) is 15.0. The summed E-state index contributed by atoms with van der Waals surface area (Å²) in [5.41, 5.74) is 15.2. The molecule has 1 spiro atoms. The molecule has 6 nitrogen and oxygen atoms in total. The highest BCUT2D eigenvalue weighted by Crippen LogP contribution is 2.63. The molecule has 8 aromatic carbocycles. The first kappa shape index (κ1) is 34.8. The van der Waals surface area contributed by atoms with Crippen LogP contribution in [0.4, 0.5) is 0 Å². The second-order valence-electron chi connectivity index (χ2n) is 17.3. The smallest absolute Gasteiger partial charge is 0.134 e. The summed E-state index contributed by atoms with van der Waals surface area (Å²) < 4.78 is 14.3. The molecule has 1 aliphatic heterocycles. The average Bonchev–Trinajstić information content (AvgIpc) is 4.08. The molecule has 1 atom stereocenters. The lowest BCUT2D eigenvalue weighted by atomic mass is 9.65. The lowest BCUT2D eigenvalue weighted by Crippen LogP contribution is -2.33. The maximum Gasteiger partial charge on any atom is 0.134 e. The molecule has 0 saturated heterocycles. The van der Waals surface area contributed by atoms with Crippen LogP contribution in [0.15, 0.2) is 213 Å². The molecule has 0 N–H and O–H groups in total. The van der Waals surface area contributed by atoms with Crippen molar-refractivity contribution in [2.45, 2.75) is 5.41 Å². The van der Waals surface area contributed by atoms with E-state index >= 15 is 0 Å². The van der Waals surface area contributed by atoms with Crippen molar-refractivity contribution < 1.29 is 4.74 Å². The summed E-state index contributed by atoms with van der Waals surface area (Å²) in [6, 6.07) is 72.2. The third kappa shape index (κ3) is 4.42. The first-order chi connectivity index (χ1) is 32.3. The molecule has 5 aromatic heterocycles. The summed E-state index contributed by atoms with van der Waals surface area (Å²) in [4.78, 5) is 10.5. The van der Waals surface area contributed by atoms with E-state index in [-0.39, 0.29) is 0 Å². The van der Waals surface area contributed by atoms with Crippen molar-refractivity contribution in [3.05, 3.63) is 235 Å². The SMILES string of the molecule is c1ccc2c(c1)Oc1cccc(-n3c4ccccc4c4cc(-n5c6ccccc6c6ccccc65)ccc43)c1C21c2cccnc2-c2ncc(-n3c4ccccc4c4ccccc43)cc21. The van der Waals surface area contributed by atoms with Crippen LogP contribution in [-0.4, -0.2) is 23.7 Å². The molecule has 0 fully saturated rings. The Hall–Kier alpha value is -8.74. The average molecular weight is 830 g/mol. The van der Waals surface area contributed by atoms with Crippen LogP contribution in [0.1, 0.15) is 22.3 Å². The quantitative estimate of drug-likeness (QED) is 0.178. The number of para-hydroxylation sites is 6. The van der Waals surface area contributed by atoms with Crippen molar-refractivity contribution in [2.24, 2.45) is 0 Å². The van der Waals surface area contributed by atoms with E-state index in [1.165, 1.54) is 43.4 Å². The minimum Gasteiger partial charge on any atom is -0.457 e. The molecule has 0 radical (unpaired) electrons. The first-order valence-electron chi connectivity index (χ1n) is 22.2. The van der Waals surface area contributed by atoms with Crippen molar-refractivity contribution in [3.8, 4) is 39.9 Å². The Morgan fingerprint density at radius 3 is 1.52 bits per heavy atom. The van der Waals surface area contributed by atoms with Gasteiger partial charge in [-0.25, -0.2) is 0 Å². The molecule has 0 saturated carbocycles. The van der Waals surface area contributed by atoms with Gasteiger partial charge in [0, 0.05) is 60.9 Å². The van der Waals surface area contributed by atoms with Crippen molar-refractivity contribution in [1.29, 1.82) is 0 Å². The van der Waals surface area contributed by atoms with Gasteiger partial charge < -0.3 is 18.4 Å². The maximum atomic E-state index is 7.06. The minimum atomic E-state index is -0.845. The summed E-state index contributed by atoms with van der Waals surface area (Å²) in [7, 11) is 0. The molecule has 15 rings (SSSR count). The number of hydrogen-bond acceptors (Lipinski definition) is 3. The fourth-order valence-corrected chi connectivity index (χ4v) is 11.7. The molecule has 0 bridgehead atoms. The van der Waals surface area contributed by atoms with Gasteiger partial charge in [-0.1, -0.05) is 121 Å². The van der Waals surface area contributed by atoms with E-state index in [0.717, 1.165) is 84.3 Å². The Labute approximate surface area is 372 Å². The predicted molar refractivity (Wildman–Crippen MR) is 262 cm³/mol. The first-order valence-corrected chi connectivity index (χ1v) is 22.2. The number of aromatic nitrogens is 5. The van der Waals surface area contributed by atoms with E-state index in [1.54, 1.807) is 0 Å². The number of rotatable bonds is 3. The summed E-state index contributed by atoms with van der Waals surface area (Å²) >= 11 is 0. The zero-order chi connectivity index (χ0) is 42.4. The van der Waals surface area contributed by atoms with E-state index < -0.39 is 5.41 Å². The molecule has 1 unspecified atom stereocenters. The number of nitrogens with zero attached hydrogens (tertiary/aromatic N) is 5. The van der Waals surface area contributed by atoms with Gasteiger partial charge in [0.1, 0.15) is 11.5 Å². The summed E-state index contributed by atoms with van der Waals surface area (Å²) in [6.45, 7) is 0. The van der Waals surface area contributed by atoms with Gasteiger partial charge in [-0.15, -0.1) is 0 Å². The summed E-state index contributed by atoms with van der Waals surface area (Å²) in [6.07, 6.45) is 3.92. The largest absolute Gasteiger partial charge is 0.457 e. The van der Waals surface area contributed by atoms with Gasteiger partial charge in [0.25, 0.3) is 0 Å². The Balaban J connectivity index is 1.04. The molecule has 0 amide bonds. The van der Waals surface area contributed by atoms with Crippen molar-refractivity contribution in [2.75, 3.05) is 0 Å². The highest BCUT2D eigenvalue weighted by Gasteiger charge is 2.54. The number of benzene rings is 8. The van der Waals surface area contributed by atoms with Gasteiger partial charge in [0.05, 0.1) is 67.5 Å². The van der Waals surface area contributed by atoms with Gasteiger partial charge in [0.15, 0.2) is 0 Å². The fourth-order valence-electron chi connectivity index (χ4n) is 11.7. The third-order valence-corrected chi connectivity index (χ3v) is 14.2. The zero-order valence-electron chi connectivity index (χ0n) is 34.9. The van der Waals surface area contributed by atoms with Crippen molar-refractivity contribution >= 4 is 65.4 Å². The van der Waals surface area contributed by atoms with E-state index in [9.17, 15) is 0 Å². The van der Waals surface area contributed by atoms with Crippen LogP contribution in [0.3, 0.4) is 0 Å². The topological polar surface area (TPSA) is 49.8 Å². The van der Waals surface area contributed by atoms with Crippen LogP contribution < -0.4 is 4.74 Å². The Morgan fingerprint density at radius 2 is 0.862 bits per heavy atom. The van der Waals surface area contributed by atoms with Gasteiger partial charge >= 0.3 is 0 Å². The minimum absolute atomic E-state index is 0.805. The van der Waals surface area contributed by atoms with Crippen LogP contribution in [0, 0.1) is 0 Å². The molecule has 65 heavy (non-hydrogen) atoms. The number of hydrogen-bond donors (Lipinski definition) is 0. The molecule has 302 valence electrons. The molecular weight excluding hydrogens is 795 g/mol. The number of ether oxygens (including phenoxy) is 1. The molecule has 1 aliphatic carbocycles. The molecule has 13 aromatic rings. The predicted octanol–water partition coefficient (Wildman–Crippen LogP) is 14.2. The highest BCUT2D eigenvalue weighted by atomic mass is 16.5. The van der Waals surface area contributed by atoms with Gasteiger partial charge in [-0.3, -0.25) is 9.97 Å². The second-order valence-corrected chi connectivity index (χ2v) is 17.3. The van der Waals surface area contributed by atoms with Gasteiger partial charge in [-0.2, -0.15) is 0 Å². The Kier molecular flexibility index (Phi) is 6.79.